The van der Waals surface area contributed by atoms with Crippen molar-refractivity contribution in [1.82, 2.24) is 0 Å². The van der Waals surface area contributed by atoms with E-state index in [9.17, 15) is 0 Å². The number of hydrogen-bond acceptors (Lipinski definition) is 1. The molecule has 8 unspecified atom stereocenters. The van der Waals surface area contributed by atoms with Crippen LogP contribution < -0.4 is 0 Å². The highest BCUT2D eigenvalue weighted by molar-refractivity contribution is 6.27. The van der Waals surface area contributed by atoms with E-state index in [4.69, 9.17) is 27.9 Å². The van der Waals surface area contributed by atoms with Crippen LogP contribution in [0, 0.1) is 35.5 Å². The first-order chi connectivity index (χ1) is 6.62. The molecule has 0 aromatic heterocycles. The fourth-order valence-electron chi connectivity index (χ4n) is 5.85. The van der Waals surface area contributed by atoms with Crippen LogP contribution in [0.2, 0.25) is 0 Å². The molecule has 4 aliphatic carbocycles. The van der Waals surface area contributed by atoms with Crippen LogP contribution in [0.4, 0.5) is 0 Å². The first-order valence-electron chi connectivity index (χ1n) is 5.70. The molecule has 2 bridgehead atoms. The minimum Gasteiger partial charge on any atom is -0.337 e. The van der Waals surface area contributed by atoms with E-state index in [-0.39, 0.29) is 10.1 Å². The fraction of sp³-hybridized carbons (Fsp3) is 1.00. The molecule has 0 aromatic rings. The van der Waals surface area contributed by atoms with Crippen LogP contribution in [0.3, 0.4) is 0 Å². The smallest absolute Gasteiger partial charge is 0.147 e. The second kappa shape index (κ2) is 1.78. The van der Waals surface area contributed by atoms with Gasteiger partial charge in [-0.2, -0.15) is 0 Å². The van der Waals surface area contributed by atoms with E-state index in [1.807, 2.05) is 0 Å². The molecule has 0 N–H and O–H groups in total. The summed E-state index contributed by atoms with van der Waals surface area (Å²) in [4.78, 5) is 0. The molecular formula is C11H12Cl2O. The van der Waals surface area contributed by atoms with Crippen molar-refractivity contribution in [3.05, 3.63) is 0 Å². The predicted octanol–water partition coefficient (Wildman–Crippen LogP) is 2.81. The first-order valence-corrected chi connectivity index (χ1v) is 6.46. The molecular weight excluding hydrogens is 219 g/mol. The Morgan fingerprint density at radius 2 is 1.36 bits per heavy atom. The fourth-order valence-corrected chi connectivity index (χ4v) is 7.12. The average Bonchev–Trinajstić information content (AvgIpc) is 2.69. The van der Waals surface area contributed by atoms with Gasteiger partial charge in [-0.25, -0.2) is 0 Å². The summed E-state index contributed by atoms with van der Waals surface area (Å²) in [5.41, 5.74) is 0. The van der Waals surface area contributed by atoms with Crippen molar-refractivity contribution in [2.75, 3.05) is 0 Å². The lowest BCUT2D eigenvalue weighted by molar-refractivity contribution is -0.0159. The molecule has 8 atom stereocenters. The maximum Gasteiger partial charge on any atom is 0.147 e. The Labute approximate surface area is 93.1 Å². The van der Waals surface area contributed by atoms with Gasteiger partial charge in [-0.15, -0.1) is 0 Å². The van der Waals surface area contributed by atoms with Gasteiger partial charge >= 0.3 is 0 Å². The van der Waals surface area contributed by atoms with E-state index >= 15 is 0 Å². The topological polar surface area (TPSA) is 9.23 Å². The van der Waals surface area contributed by atoms with E-state index in [0.717, 1.165) is 36.5 Å². The van der Waals surface area contributed by atoms with Crippen molar-refractivity contribution in [2.45, 2.75) is 29.4 Å². The number of fused-ring (bicyclic) bond motifs is 1. The largest absolute Gasteiger partial charge is 0.337 e. The van der Waals surface area contributed by atoms with E-state index < -0.39 is 0 Å². The van der Waals surface area contributed by atoms with Crippen LogP contribution >= 0.6 is 23.2 Å². The molecule has 5 rings (SSSR count). The van der Waals surface area contributed by atoms with Gasteiger partial charge < -0.3 is 4.74 Å². The van der Waals surface area contributed by atoms with E-state index in [2.05, 4.69) is 0 Å². The van der Waals surface area contributed by atoms with Crippen LogP contribution in [0.15, 0.2) is 0 Å². The molecule has 1 aliphatic heterocycles. The summed E-state index contributed by atoms with van der Waals surface area (Å²) in [7, 11) is 0. The van der Waals surface area contributed by atoms with Crippen LogP contribution in [-0.2, 0) is 4.74 Å². The number of halogens is 2. The Morgan fingerprint density at radius 1 is 0.857 bits per heavy atom. The number of alkyl halides is 2. The highest BCUT2D eigenvalue weighted by Crippen LogP contribution is 2.82. The zero-order valence-corrected chi connectivity index (χ0v) is 9.26. The van der Waals surface area contributed by atoms with E-state index in [0.29, 0.717) is 11.8 Å². The molecule has 0 radical (unpaired) electrons. The van der Waals surface area contributed by atoms with Gasteiger partial charge in [-0.1, -0.05) is 23.2 Å². The minimum atomic E-state index is -0.359. The van der Waals surface area contributed by atoms with Crippen molar-refractivity contribution >= 4 is 23.2 Å². The zero-order chi connectivity index (χ0) is 9.29. The lowest BCUT2D eigenvalue weighted by Crippen LogP contribution is -2.27. The third kappa shape index (κ3) is 0.522. The maximum absolute atomic E-state index is 6.62. The summed E-state index contributed by atoms with van der Waals surface area (Å²) in [6.07, 6.45) is 3.56. The van der Waals surface area contributed by atoms with Crippen molar-refractivity contribution in [2.24, 2.45) is 35.5 Å². The molecule has 0 amide bonds. The van der Waals surface area contributed by atoms with Crippen LogP contribution in [0.1, 0.15) is 19.3 Å². The van der Waals surface area contributed by atoms with Crippen molar-refractivity contribution in [3.63, 3.8) is 0 Å². The van der Waals surface area contributed by atoms with Crippen LogP contribution in [0.25, 0.3) is 0 Å². The molecule has 3 heteroatoms. The van der Waals surface area contributed by atoms with Crippen LogP contribution in [-0.4, -0.2) is 10.1 Å². The number of rotatable bonds is 0. The molecule has 1 heterocycles. The molecule has 1 nitrogen and oxygen atoms in total. The van der Waals surface area contributed by atoms with Gasteiger partial charge in [-0.3, -0.25) is 0 Å². The molecule has 1 saturated heterocycles. The normalized spacial score (nSPS) is 81.0. The monoisotopic (exact) mass is 230 g/mol. The molecule has 14 heavy (non-hydrogen) atoms. The second-order valence-electron chi connectivity index (χ2n) is 6.03. The summed E-state index contributed by atoms with van der Waals surface area (Å²) in [5, 5.41) is -0.719. The predicted molar refractivity (Wildman–Crippen MR) is 53.0 cm³/mol. The molecule has 4 saturated carbocycles. The lowest BCUT2D eigenvalue weighted by atomic mass is 9.80. The summed E-state index contributed by atoms with van der Waals surface area (Å²) < 4.78 is 6.04. The van der Waals surface area contributed by atoms with E-state index in [1.165, 1.54) is 6.42 Å². The number of hydrogen-bond donors (Lipinski definition) is 0. The van der Waals surface area contributed by atoms with Gasteiger partial charge in [0, 0.05) is 11.8 Å². The van der Waals surface area contributed by atoms with Crippen molar-refractivity contribution < 1.29 is 4.74 Å². The van der Waals surface area contributed by atoms with Gasteiger partial charge in [0.25, 0.3) is 0 Å². The van der Waals surface area contributed by atoms with Crippen molar-refractivity contribution in [1.29, 1.82) is 0 Å². The third-order valence-corrected chi connectivity index (χ3v) is 6.83. The van der Waals surface area contributed by atoms with Gasteiger partial charge in [0.2, 0.25) is 0 Å². The summed E-state index contributed by atoms with van der Waals surface area (Å²) >= 11 is 13.2. The standard InChI is InChI=1S/C11H12Cl2O/c12-10-2-6-4-1-5-7(6)3-11(13,14-10)9(5)8(4)10/h4-9H,1-3H2. The summed E-state index contributed by atoms with van der Waals surface area (Å²) in [6.45, 7) is 0. The van der Waals surface area contributed by atoms with Gasteiger partial charge in [0.15, 0.2) is 0 Å². The number of ether oxygens (including phenoxy) is 1. The molecule has 5 fully saturated rings. The SMILES string of the molecule is ClC12CC3C4CC(Cl)(O1)C1C4CC3C12. The third-order valence-electron chi connectivity index (χ3n) is 5.87. The first kappa shape index (κ1) is 7.76. The Hall–Kier alpha value is 0.540. The maximum atomic E-state index is 6.62. The molecule has 0 aromatic carbocycles. The Bertz CT molecular complexity index is 323. The van der Waals surface area contributed by atoms with Gasteiger partial charge in [-0.05, 0) is 42.9 Å². The van der Waals surface area contributed by atoms with Gasteiger partial charge in [0.05, 0.1) is 0 Å². The Balaban J connectivity index is 1.86. The average molecular weight is 231 g/mol. The zero-order valence-electron chi connectivity index (χ0n) is 7.75. The van der Waals surface area contributed by atoms with E-state index in [1.54, 1.807) is 0 Å². The van der Waals surface area contributed by atoms with Gasteiger partial charge in [0.1, 0.15) is 10.1 Å². The van der Waals surface area contributed by atoms with Crippen molar-refractivity contribution in [3.8, 4) is 0 Å². The molecule has 5 aliphatic rings. The molecule has 0 spiro atoms. The second-order valence-corrected chi connectivity index (χ2v) is 7.30. The summed E-state index contributed by atoms with van der Waals surface area (Å²) in [6, 6.07) is 0. The van der Waals surface area contributed by atoms with Crippen LogP contribution in [0.5, 0.6) is 0 Å². The molecule has 76 valence electrons. The highest BCUT2D eigenvalue weighted by Gasteiger charge is 2.82. The Morgan fingerprint density at radius 3 is 1.86 bits per heavy atom. The quantitative estimate of drug-likeness (QED) is 0.582. The minimum absolute atomic E-state index is 0.359. The Kier molecular flexibility index (Phi) is 0.989. The summed E-state index contributed by atoms with van der Waals surface area (Å²) in [5.74, 6) is 4.60. The highest BCUT2D eigenvalue weighted by atomic mass is 35.5. The lowest BCUT2D eigenvalue weighted by Gasteiger charge is -2.24.